The van der Waals surface area contributed by atoms with Crippen LogP contribution in [-0.2, 0) is 14.8 Å². The van der Waals surface area contributed by atoms with Crippen LogP contribution in [0.2, 0.25) is 0 Å². The predicted molar refractivity (Wildman–Crippen MR) is 83.2 cm³/mol. The van der Waals surface area contributed by atoms with Gasteiger partial charge in [-0.2, -0.15) is 4.31 Å². The maximum atomic E-state index is 12.5. The van der Waals surface area contributed by atoms with E-state index in [1.807, 2.05) is 0 Å². The van der Waals surface area contributed by atoms with E-state index in [2.05, 4.69) is 4.74 Å². The fraction of sp³-hybridized carbons (Fsp3) is 0.462. The first-order chi connectivity index (χ1) is 9.25. The largest absolute Gasteiger partial charge is 0.465 e. The number of ether oxygens (including phenoxy) is 1. The van der Waals surface area contributed by atoms with Gasteiger partial charge in [0.25, 0.3) is 0 Å². The molecule has 0 aliphatic rings. The van der Waals surface area contributed by atoms with Gasteiger partial charge < -0.3 is 10.5 Å². The lowest BCUT2D eigenvalue weighted by Gasteiger charge is -2.24. The van der Waals surface area contributed by atoms with Gasteiger partial charge in [0, 0.05) is 19.6 Å². The molecule has 1 atom stereocenters. The van der Waals surface area contributed by atoms with Gasteiger partial charge in [0.05, 0.1) is 17.6 Å². The molecule has 120 valence electrons. The van der Waals surface area contributed by atoms with Crippen LogP contribution in [0.1, 0.15) is 22.8 Å². The number of nitrogens with two attached hydrogens (primary N) is 1. The van der Waals surface area contributed by atoms with Crippen LogP contribution in [0.15, 0.2) is 23.1 Å². The van der Waals surface area contributed by atoms with E-state index in [4.69, 9.17) is 5.73 Å². The van der Waals surface area contributed by atoms with Crippen LogP contribution in [-0.4, -0.2) is 45.4 Å². The number of benzene rings is 1. The molecule has 2 N–H and O–H groups in total. The van der Waals surface area contributed by atoms with Crippen LogP contribution < -0.4 is 5.73 Å². The number of aryl methyl sites for hydroxylation is 1. The molecule has 1 rings (SSSR count). The smallest absolute Gasteiger partial charge is 0.337 e. The average Bonchev–Trinajstić information content (AvgIpc) is 2.44. The van der Waals surface area contributed by atoms with Gasteiger partial charge in [0.15, 0.2) is 0 Å². The highest BCUT2D eigenvalue weighted by molar-refractivity contribution is 7.89. The number of sulfonamides is 1. The van der Waals surface area contributed by atoms with Gasteiger partial charge in [-0.05, 0) is 37.6 Å². The van der Waals surface area contributed by atoms with Gasteiger partial charge in [-0.15, -0.1) is 12.4 Å². The van der Waals surface area contributed by atoms with Crippen molar-refractivity contribution in [1.29, 1.82) is 0 Å². The number of rotatable bonds is 5. The van der Waals surface area contributed by atoms with E-state index in [0.717, 1.165) is 0 Å². The Morgan fingerprint density at radius 1 is 1.43 bits per heavy atom. The summed E-state index contributed by atoms with van der Waals surface area (Å²) < 4.78 is 30.8. The van der Waals surface area contributed by atoms with Crippen LogP contribution in [0.3, 0.4) is 0 Å². The van der Waals surface area contributed by atoms with E-state index in [1.165, 1.54) is 36.7 Å². The predicted octanol–water partition coefficient (Wildman–Crippen LogP) is 1.17. The van der Waals surface area contributed by atoms with Crippen LogP contribution in [0, 0.1) is 6.92 Å². The zero-order valence-corrected chi connectivity index (χ0v) is 14.1. The molecular weight excluding hydrogens is 316 g/mol. The van der Waals surface area contributed by atoms with Crippen molar-refractivity contribution in [3.8, 4) is 0 Å². The maximum Gasteiger partial charge on any atom is 0.337 e. The molecule has 1 aromatic carbocycles. The molecule has 6 nitrogen and oxygen atoms in total. The van der Waals surface area contributed by atoms with E-state index in [-0.39, 0.29) is 29.9 Å². The molecule has 0 heterocycles. The first kappa shape index (κ1) is 19.9. The van der Waals surface area contributed by atoms with Gasteiger partial charge in [-0.25, -0.2) is 13.2 Å². The summed E-state index contributed by atoms with van der Waals surface area (Å²) >= 11 is 0. The zero-order valence-electron chi connectivity index (χ0n) is 12.5. The molecule has 0 fully saturated rings. The van der Waals surface area contributed by atoms with Gasteiger partial charge >= 0.3 is 5.97 Å². The van der Waals surface area contributed by atoms with Gasteiger partial charge in [-0.1, -0.05) is 0 Å². The summed E-state index contributed by atoms with van der Waals surface area (Å²) in [6.45, 7) is 3.60. The number of carbonyl (C=O) groups is 1. The highest BCUT2D eigenvalue weighted by Gasteiger charge is 2.26. The normalized spacial score (nSPS) is 12.7. The third kappa shape index (κ3) is 4.16. The molecule has 8 heteroatoms. The average molecular weight is 337 g/mol. The van der Waals surface area contributed by atoms with Gasteiger partial charge in [0.1, 0.15) is 0 Å². The first-order valence-corrected chi connectivity index (χ1v) is 7.56. The third-order valence-corrected chi connectivity index (χ3v) is 5.35. The van der Waals surface area contributed by atoms with E-state index >= 15 is 0 Å². The molecule has 0 radical (unpaired) electrons. The molecule has 0 aliphatic carbocycles. The quantitative estimate of drug-likeness (QED) is 0.815. The van der Waals surface area contributed by atoms with Crippen molar-refractivity contribution >= 4 is 28.4 Å². The minimum atomic E-state index is -3.63. The van der Waals surface area contributed by atoms with Crippen LogP contribution in [0.4, 0.5) is 0 Å². The molecule has 0 spiro atoms. The molecule has 0 saturated heterocycles. The van der Waals surface area contributed by atoms with Crippen molar-refractivity contribution in [1.82, 2.24) is 4.31 Å². The number of carbonyl (C=O) groups excluding carboxylic acids is 1. The van der Waals surface area contributed by atoms with Gasteiger partial charge in [0.2, 0.25) is 10.0 Å². The third-order valence-electron chi connectivity index (χ3n) is 3.21. The second-order valence-corrected chi connectivity index (χ2v) is 6.54. The minimum absolute atomic E-state index is 0. The van der Waals surface area contributed by atoms with Crippen LogP contribution in [0.25, 0.3) is 0 Å². The summed E-state index contributed by atoms with van der Waals surface area (Å²) in [5.74, 6) is -0.499. The van der Waals surface area contributed by atoms with E-state index in [1.54, 1.807) is 13.8 Å². The highest BCUT2D eigenvalue weighted by Crippen LogP contribution is 2.21. The number of hydrogen-bond acceptors (Lipinski definition) is 5. The van der Waals surface area contributed by atoms with E-state index in [0.29, 0.717) is 11.1 Å². The van der Waals surface area contributed by atoms with E-state index in [9.17, 15) is 13.2 Å². The Hall–Kier alpha value is -1.15. The summed E-state index contributed by atoms with van der Waals surface area (Å²) in [7, 11) is -0.866. The monoisotopic (exact) mass is 336 g/mol. The second-order valence-electron chi connectivity index (χ2n) is 4.58. The molecule has 21 heavy (non-hydrogen) atoms. The van der Waals surface area contributed by atoms with Crippen LogP contribution in [0.5, 0.6) is 0 Å². The lowest BCUT2D eigenvalue weighted by Crippen LogP contribution is -2.39. The standard InChI is InChI=1S/C13H20N2O4S.ClH/c1-9-7-11(13(16)19-4)5-6-12(9)20(17,18)15(3)10(2)8-14;/h5-7,10H,8,14H2,1-4H3;1H. The molecule has 1 aromatic rings. The second kappa shape index (κ2) is 7.74. The fourth-order valence-electron chi connectivity index (χ4n) is 1.72. The number of esters is 1. The lowest BCUT2D eigenvalue weighted by atomic mass is 10.1. The lowest BCUT2D eigenvalue weighted by molar-refractivity contribution is 0.0600. The molecular formula is C13H21ClN2O4S. The number of halogens is 1. The Kier molecular flexibility index (Phi) is 7.32. The molecule has 0 aromatic heterocycles. The molecule has 1 unspecified atom stereocenters. The summed E-state index contributed by atoms with van der Waals surface area (Å²) in [6.07, 6.45) is 0. The summed E-state index contributed by atoms with van der Waals surface area (Å²) in [6, 6.07) is 4.04. The molecule has 0 bridgehead atoms. The number of methoxy groups -OCH3 is 1. The number of likely N-dealkylation sites (N-methyl/N-ethyl adjacent to an activating group) is 1. The highest BCUT2D eigenvalue weighted by atomic mass is 35.5. The minimum Gasteiger partial charge on any atom is -0.465 e. The van der Waals surface area contributed by atoms with E-state index < -0.39 is 16.0 Å². The molecule has 0 amide bonds. The van der Waals surface area contributed by atoms with Gasteiger partial charge in [-0.3, -0.25) is 0 Å². The number of hydrogen-bond donors (Lipinski definition) is 1. The topological polar surface area (TPSA) is 89.7 Å². The Balaban J connectivity index is 0.00000400. The Bertz CT molecular complexity index is 604. The van der Waals surface area contributed by atoms with Crippen molar-refractivity contribution < 1.29 is 17.9 Å². The Labute approximate surface area is 131 Å². The maximum absolute atomic E-state index is 12.5. The molecule has 0 saturated carbocycles. The SMILES string of the molecule is COC(=O)c1ccc(S(=O)(=O)N(C)C(C)CN)c(C)c1.Cl. The zero-order chi connectivity index (χ0) is 15.5. The summed E-state index contributed by atoms with van der Waals surface area (Å²) in [5, 5.41) is 0. The molecule has 0 aliphatic heterocycles. The van der Waals surface area contributed by atoms with Crippen molar-refractivity contribution in [2.45, 2.75) is 24.8 Å². The fourth-order valence-corrected chi connectivity index (χ4v) is 3.30. The first-order valence-electron chi connectivity index (χ1n) is 6.12. The van der Waals surface area contributed by atoms with Crippen LogP contribution >= 0.6 is 12.4 Å². The van der Waals surface area contributed by atoms with Crippen molar-refractivity contribution in [2.24, 2.45) is 5.73 Å². The Morgan fingerprint density at radius 3 is 2.43 bits per heavy atom. The van der Waals surface area contributed by atoms with Crippen molar-refractivity contribution in [3.05, 3.63) is 29.3 Å². The van der Waals surface area contributed by atoms with Crippen molar-refractivity contribution in [3.63, 3.8) is 0 Å². The summed E-state index contributed by atoms with van der Waals surface area (Å²) in [5.41, 5.74) is 6.31. The van der Waals surface area contributed by atoms with Crippen molar-refractivity contribution in [2.75, 3.05) is 20.7 Å². The summed E-state index contributed by atoms with van der Waals surface area (Å²) in [4.78, 5) is 11.6. The number of nitrogens with zero attached hydrogens (tertiary/aromatic N) is 1. The Morgan fingerprint density at radius 2 is 2.00 bits per heavy atom.